The fraction of sp³-hybridized carbons (Fsp3) is 0. The SMILES string of the molecule is [C-]#[N+]c1cc(-c2nc(-c3ccccc3)nc(-c3ccccc3)n2)ccc1-n1c2ccccc2c2ccc3c4ccccc4n(-c4cc(-c5ccccc5)nc(-c5ccccc5)n4)c3c21. The molecule has 0 aliphatic heterocycles. The fourth-order valence-corrected chi connectivity index (χ4v) is 8.89. The van der Waals surface area contributed by atoms with Crippen LogP contribution in [-0.4, -0.2) is 34.1 Å². The highest BCUT2D eigenvalue weighted by molar-refractivity contribution is 6.24. The van der Waals surface area contributed by atoms with Gasteiger partial charge in [0.05, 0.1) is 40.0 Å². The van der Waals surface area contributed by atoms with Gasteiger partial charge in [-0.05, 0) is 24.3 Å². The van der Waals surface area contributed by atoms with Gasteiger partial charge in [-0.25, -0.2) is 29.8 Å². The third-order valence-corrected chi connectivity index (χ3v) is 11.8. The Hall–Kier alpha value is -9.06. The molecule has 0 saturated carbocycles. The lowest BCUT2D eigenvalue weighted by molar-refractivity contribution is 1.05. The maximum Gasteiger partial charge on any atom is 0.211 e. The molecule has 0 N–H and O–H groups in total. The van der Waals surface area contributed by atoms with Crippen LogP contribution in [0.4, 0.5) is 5.69 Å². The molecule has 0 unspecified atom stereocenters. The van der Waals surface area contributed by atoms with Crippen LogP contribution < -0.4 is 0 Å². The van der Waals surface area contributed by atoms with Gasteiger partial charge in [0.1, 0.15) is 5.82 Å². The highest BCUT2D eigenvalue weighted by Crippen LogP contribution is 2.44. The summed E-state index contributed by atoms with van der Waals surface area (Å²) in [5.74, 6) is 2.98. The van der Waals surface area contributed by atoms with E-state index in [1.807, 2.05) is 127 Å². The minimum atomic E-state index is 0.461. The highest BCUT2D eigenvalue weighted by Gasteiger charge is 2.24. The summed E-state index contributed by atoms with van der Waals surface area (Å²) in [7, 11) is 0. The minimum Gasteiger partial charge on any atom is -0.317 e. The molecule has 8 nitrogen and oxygen atoms in total. The van der Waals surface area contributed by atoms with E-state index in [0.29, 0.717) is 29.0 Å². The zero-order chi connectivity index (χ0) is 42.6. The van der Waals surface area contributed by atoms with Crippen LogP contribution in [0.15, 0.2) is 206 Å². The third kappa shape index (κ3) is 6.11. The maximum absolute atomic E-state index is 8.69. The quantitative estimate of drug-likeness (QED) is 0.150. The van der Waals surface area contributed by atoms with E-state index in [9.17, 15) is 0 Å². The van der Waals surface area contributed by atoms with Crippen LogP contribution in [0, 0.1) is 6.57 Å². The van der Waals surface area contributed by atoms with E-state index in [-0.39, 0.29) is 0 Å². The normalized spacial score (nSPS) is 11.4. The molecule has 4 heterocycles. The van der Waals surface area contributed by atoms with E-state index in [0.717, 1.165) is 88.6 Å². The highest BCUT2D eigenvalue weighted by atomic mass is 15.1. The van der Waals surface area contributed by atoms with Gasteiger partial charge in [-0.2, -0.15) is 0 Å². The zero-order valence-electron chi connectivity index (χ0n) is 34.2. The van der Waals surface area contributed by atoms with Gasteiger partial charge in [-0.15, -0.1) is 0 Å². The molecule has 298 valence electrons. The summed E-state index contributed by atoms with van der Waals surface area (Å²) in [4.78, 5) is 29.6. The third-order valence-electron chi connectivity index (χ3n) is 11.8. The van der Waals surface area contributed by atoms with Gasteiger partial charge >= 0.3 is 0 Å². The Morgan fingerprint density at radius 3 is 1.31 bits per heavy atom. The number of hydrogen-bond acceptors (Lipinski definition) is 5. The predicted octanol–water partition coefficient (Wildman–Crippen LogP) is 13.7. The predicted molar refractivity (Wildman–Crippen MR) is 258 cm³/mol. The van der Waals surface area contributed by atoms with E-state index >= 15 is 0 Å². The first-order valence-electron chi connectivity index (χ1n) is 21.0. The molecule has 0 fully saturated rings. The maximum atomic E-state index is 8.69. The first kappa shape index (κ1) is 36.8. The van der Waals surface area contributed by atoms with Crippen molar-refractivity contribution < 1.29 is 0 Å². The van der Waals surface area contributed by atoms with Crippen molar-refractivity contribution in [3.63, 3.8) is 0 Å². The monoisotopic (exact) mass is 818 g/mol. The summed E-state index contributed by atoms with van der Waals surface area (Å²) < 4.78 is 4.52. The molecule has 0 radical (unpaired) electrons. The molecule has 12 rings (SSSR count). The van der Waals surface area contributed by atoms with Crippen LogP contribution >= 0.6 is 0 Å². The van der Waals surface area contributed by atoms with Gasteiger partial charge < -0.3 is 4.57 Å². The molecule has 12 aromatic rings. The molecule has 0 aliphatic carbocycles. The van der Waals surface area contributed by atoms with Gasteiger partial charge in [-0.3, -0.25) is 4.57 Å². The van der Waals surface area contributed by atoms with E-state index < -0.39 is 0 Å². The molecule has 8 heteroatoms. The van der Waals surface area contributed by atoms with Gasteiger partial charge in [-0.1, -0.05) is 176 Å². The lowest BCUT2D eigenvalue weighted by Gasteiger charge is -2.15. The molecule has 0 amide bonds. The number of para-hydroxylation sites is 2. The van der Waals surface area contributed by atoms with Crippen LogP contribution in [0.2, 0.25) is 0 Å². The van der Waals surface area contributed by atoms with Gasteiger partial charge in [0.15, 0.2) is 23.3 Å². The Morgan fingerprint density at radius 1 is 0.344 bits per heavy atom. The van der Waals surface area contributed by atoms with Crippen molar-refractivity contribution in [3.8, 4) is 68.3 Å². The second-order valence-corrected chi connectivity index (χ2v) is 15.6. The number of fused-ring (bicyclic) bond motifs is 7. The Balaban J connectivity index is 1.13. The summed E-state index contributed by atoms with van der Waals surface area (Å²) in [6.45, 7) is 8.69. The Bertz CT molecular complexity index is 3660. The van der Waals surface area contributed by atoms with Crippen molar-refractivity contribution in [1.82, 2.24) is 34.1 Å². The first-order valence-corrected chi connectivity index (χ1v) is 21.0. The van der Waals surface area contributed by atoms with Crippen LogP contribution in [0.25, 0.3) is 117 Å². The van der Waals surface area contributed by atoms with Crippen molar-refractivity contribution in [2.24, 2.45) is 0 Å². The number of aromatic nitrogens is 7. The van der Waals surface area contributed by atoms with Gasteiger partial charge in [0.2, 0.25) is 5.69 Å². The standard InChI is InChI=1S/C56H34N8/c1-57-46-34-40(56-61-54(38-22-10-4-11-23-38)60-55(62-56)39-24-12-5-13-25-39)30-33-49(46)63-47-28-16-14-26-41(47)43-31-32-44-42-27-15-17-29-48(42)64(52(44)51(43)63)50-35-45(36-18-6-2-7-19-36)58-53(59-50)37-20-8-3-9-21-37/h2-35H. The van der Waals surface area contributed by atoms with E-state index in [2.05, 4.69) is 92.8 Å². The van der Waals surface area contributed by atoms with Crippen LogP contribution in [0.5, 0.6) is 0 Å². The minimum absolute atomic E-state index is 0.461. The van der Waals surface area contributed by atoms with Crippen molar-refractivity contribution in [2.45, 2.75) is 0 Å². The summed E-state index contributed by atoms with van der Waals surface area (Å²) >= 11 is 0. The van der Waals surface area contributed by atoms with E-state index in [1.54, 1.807) is 0 Å². The van der Waals surface area contributed by atoms with E-state index in [1.165, 1.54) is 0 Å². The molecule has 0 spiro atoms. The lowest BCUT2D eigenvalue weighted by atomic mass is 10.1. The summed E-state index contributed by atoms with van der Waals surface area (Å²) in [6.07, 6.45) is 0. The van der Waals surface area contributed by atoms with Gasteiger partial charge in [0, 0.05) is 55.4 Å². The number of nitrogens with zero attached hydrogens (tertiary/aromatic N) is 8. The average molecular weight is 819 g/mol. The molecule has 64 heavy (non-hydrogen) atoms. The number of rotatable bonds is 7. The van der Waals surface area contributed by atoms with Crippen LogP contribution in [0.3, 0.4) is 0 Å². The average Bonchev–Trinajstić information content (AvgIpc) is 3.90. The van der Waals surface area contributed by atoms with Crippen LogP contribution in [0.1, 0.15) is 0 Å². The second-order valence-electron chi connectivity index (χ2n) is 15.6. The molecule has 8 aromatic carbocycles. The van der Waals surface area contributed by atoms with E-state index in [4.69, 9.17) is 31.5 Å². The van der Waals surface area contributed by atoms with Gasteiger partial charge in [0.25, 0.3) is 0 Å². The van der Waals surface area contributed by atoms with Crippen molar-refractivity contribution >= 4 is 49.3 Å². The molecular formula is C56H34N8. The smallest absolute Gasteiger partial charge is 0.211 e. The Kier molecular flexibility index (Phi) is 8.69. The molecule has 0 saturated heterocycles. The van der Waals surface area contributed by atoms with Crippen molar-refractivity contribution in [1.29, 1.82) is 0 Å². The number of benzene rings is 8. The Labute approximate surface area is 367 Å². The molecule has 0 aliphatic rings. The lowest BCUT2D eigenvalue weighted by Crippen LogP contribution is -2.04. The summed E-state index contributed by atoms with van der Waals surface area (Å²) in [5, 5.41) is 4.30. The number of hydrogen-bond donors (Lipinski definition) is 0. The Morgan fingerprint density at radius 2 is 0.781 bits per heavy atom. The molecular weight excluding hydrogens is 785 g/mol. The summed E-state index contributed by atoms with van der Waals surface area (Å²) in [5.41, 5.74) is 10.4. The molecule has 4 aromatic heterocycles. The molecule has 0 bridgehead atoms. The molecule has 0 atom stereocenters. The van der Waals surface area contributed by atoms with Crippen LogP contribution in [-0.2, 0) is 0 Å². The zero-order valence-corrected chi connectivity index (χ0v) is 34.2. The fourth-order valence-electron chi connectivity index (χ4n) is 8.89. The topological polar surface area (TPSA) is 78.7 Å². The first-order chi connectivity index (χ1) is 31.7. The van der Waals surface area contributed by atoms with Crippen molar-refractivity contribution in [3.05, 3.63) is 218 Å². The summed E-state index contributed by atoms with van der Waals surface area (Å²) in [6, 6.07) is 69.6. The largest absolute Gasteiger partial charge is 0.317 e. The van der Waals surface area contributed by atoms with Crippen molar-refractivity contribution in [2.75, 3.05) is 0 Å². The second kappa shape index (κ2) is 15.1.